The fourth-order valence-electron chi connectivity index (χ4n) is 2.64. The van der Waals surface area contributed by atoms with Crippen LogP contribution in [0.15, 0.2) is 4.99 Å². The first-order valence-corrected chi connectivity index (χ1v) is 10.0. The molecular formula is C17H36IN3O2S. The van der Waals surface area contributed by atoms with E-state index in [4.69, 9.17) is 9.73 Å². The highest BCUT2D eigenvalue weighted by Gasteiger charge is 2.36. The maximum Gasteiger partial charge on any atom is 0.191 e. The molecule has 1 aliphatic rings. The van der Waals surface area contributed by atoms with Gasteiger partial charge in [0.05, 0.1) is 0 Å². The number of methoxy groups -OCH3 is 1. The van der Waals surface area contributed by atoms with Gasteiger partial charge < -0.3 is 15.4 Å². The molecule has 144 valence electrons. The molecule has 0 heterocycles. The average molecular weight is 473 g/mol. The summed E-state index contributed by atoms with van der Waals surface area (Å²) in [6.07, 6.45) is 4.87. The summed E-state index contributed by atoms with van der Waals surface area (Å²) in [5, 5.41) is 6.60. The van der Waals surface area contributed by atoms with Crippen LogP contribution in [0.25, 0.3) is 0 Å². The summed E-state index contributed by atoms with van der Waals surface area (Å²) in [5.41, 5.74) is 0.326. The molecular weight excluding hydrogens is 437 g/mol. The highest BCUT2D eigenvalue weighted by atomic mass is 127. The summed E-state index contributed by atoms with van der Waals surface area (Å²) in [6, 6.07) is 0. The lowest BCUT2D eigenvalue weighted by atomic mass is 9.67. The summed E-state index contributed by atoms with van der Waals surface area (Å²) in [6.45, 7) is 11.3. The number of ether oxygens (including phenoxy) is 1. The Bertz CT molecular complexity index is 407. The van der Waals surface area contributed by atoms with Gasteiger partial charge in [-0.25, -0.2) is 0 Å². The third-order valence-corrected chi connectivity index (χ3v) is 6.37. The van der Waals surface area contributed by atoms with Crippen LogP contribution in [0.3, 0.4) is 0 Å². The minimum Gasteiger partial charge on any atom is -0.385 e. The molecule has 0 aromatic heterocycles. The highest BCUT2D eigenvalue weighted by Crippen LogP contribution is 2.44. The second-order valence-electron chi connectivity index (χ2n) is 7.38. The van der Waals surface area contributed by atoms with Crippen molar-refractivity contribution in [2.45, 2.75) is 58.1 Å². The molecule has 0 aliphatic heterocycles. The zero-order chi connectivity index (χ0) is 17.3. The van der Waals surface area contributed by atoms with Crippen LogP contribution < -0.4 is 10.6 Å². The number of halogens is 1. The SMILES string of the molecule is CCNC(=NCC1(CCOC)CCC1)NCCS(=O)C(C)(C)C.I. The molecule has 0 aromatic rings. The van der Waals surface area contributed by atoms with Crippen LogP contribution in [-0.4, -0.2) is 54.0 Å². The van der Waals surface area contributed by atoms with Gasteiger partial charge in [0.25, 0.3) is 0 Å². The van der Waals surface area contributed by atoms with Gasteiger partial charge >= 0.3 is 0 Å². The fourth-order valence-corrected chi connectivity index (χ4v) is 3.54. The van der Waals surface area contributed by atoms with Crippen molar-refractivity contribution in [1.82, 2.24) is 10.6 Å². The molecule has 0 aromatic carbocycles. The summed E-state index contributed by atoms with van der Waals surface area (Å²) in [5.74, 6) is 1.48. The van der Waals surface area contributed by atoms with Gasteiger partial charge in [-0.05, 0) is 52.4 Å². The van der Waals surface area contributed by atoms with E-state index in [1.54, 1.807) is 7.11 Å². The Morgan fingerprint density at radius 2 is 1.96 bits per heavy atom. The van der Waals surface area contributed by atoms with Gasteiger partial charge in [-0.15, -0.1) is 24.0 Å². The van der Waals surface area contributed by atoms with E-state index in [0.717, 1.165) is 32.1 Å². The van der Waals surface area contributed by atoms with E-state index >= 15 is 0 Å². The molecule has 2 N–H and O–H groups in total. The first-order chi connectivity index (χ1) is 10.8. The van der Waals surface area contributed by atoms with Crippen molar-refractivity contribution < 1.29 is 8.95 Å². The first-order valence-electron chi connectivity index (χ1n) is 8.72. The third kappa shape index (κ3) is 8.47. The quantitative estimate of drug-likeness (QED) is 0.307. The Morgan fingerprint density at radius 3 is 2.42 bits per heavy atom. The molecule has 1 fully saturated rings. The zero-order valence-electron chi connectivity index (χ0n) is 15.9. The minimum absolute atomic E-state index is 0. The molecule has 0 bridgehead atoms. The Balaban J connectivity index is 0.00000529. The van der Waals surface area contributed by atoms with Crippen LogP contribution in [-0.2, 0) is 15.5 Å². The predicted molar refractivity (Wildman–Crippen MR) is 115 cm³/mol. The summed E-state index contributed by atoms with van der Waals surface area (Å²) in [7, 11) is 0.925. The highest BCUT2D eigenvalue weighted by molar-refractivity contribution is 14.0. The molecule has 0 radical (unpaired) electrons. The Labute approximate surface area is 167 Å². The van der Waals surface area contributed by atoms with E-state index in [0.29, 0.717) is 17.7 Å². The molecule has 1 rings (SSSR count). The van der Waals surface area contributed by atoms with Crippen LogP contribution >= 0.6 is 24.0 Å². The van der Waals surface area contributed by atoms with Crippen LogP contribution in [0.2, 0.25) is 0 Å². The molecule has 1 unspecified atom stereocenters. The van der Waals surface area contributed by atoms with Crippen molar-refractivity contribution in [2.24, 2.45) is 10.4 Å². The fraction of sp³-hybridized carbons (Fsp3) is 0.941. The third-order valence-electron chi connectivity index (χ3n) is 4.43. The van der Waals surface area contributed by atoms with E-state index in [1.165, 1.54) is 19.3 Å². The second-order valence-corrected chi connectivity index (χ2v) is 9.70. The summed E-state index contributed by atoms with van der Waals surface area (Å²) >= 11 is 0. The number of aliphatic imine (C=N–C) groups is 1. The summed E-state index contributed by atoms with van der Waals surface area (Å²) in [4.78, 5) is 4.76. The molecule has 0 saturated heterocycles. The van der Waals surface area contributed by atoms with Crippen LogP contribution in [0.5, 0.6) is 0 Å². The average Bonchev–Trinajstić information content (AvgIpc) is 2.44. The van der Waals surface area contributed by atoms with Crippen molar-refractivity contribution >= 4 is 40.7 Å². The zero-order valence-corrected chi connectivity index (χ0v) is 19.1. The Morgan fingerprint density at radius 1 is 1.29 bits per heavy atom. The molecule has 5 nitrogen and oxygen atoms in total. The lowest BCUT2D eigenvalue weighted by Crippen LogP contribution is -2.42. The lowest BCUT2D eigenvalue weighted by Gasteiger charge is -2.40. The molecule has 1 aliphatic carbocycles. The van der Waals surface area contributed by atoms with Crippen LogP contribution in [0.1, 0.15) is 53.4 Å². The Hall–Kier alpha value is 0.110. The molecule has 0 amide bonds. The van der Waals surface area contributed by atoms with Crippen molar-refractivity contribution in [3.63, 3.8) is 0 Å². The van der Waals surface area contributed by atoms with Gasteiger partial charge in [0.2, 0.25) is 0 Å². The minimum atomic E-state index is -0.835. The maximum absolute atomic E-state index is 12.1. The van der Waals surface area contributed by atoms with E-state index in [2.05, 4.69) is 17.6 Å². The first kappa shape index (κ1) is 24.1. The van der Waals surface area contributed by atoms with Crippen molar-refractivity contribution in [3.8, 4) is 0 Å². The smallest absolute Gasteiger partial charge is 0.191 e. The molecule has 1 atom stereocenters. The van der Waals surface area contributed by atoms with Gasteiger partial charge in [-0.2, -0.15) is 0 Å². The van der Waals surface area contributed by atoms with Crippen molar-refractivity contribution in [2.75, 3.05) is 39.1 Å². The lowest BCUT2D eigenvalue weighted by molar-refractivity contribution is 0.0778. The van der Waals surface area contributed by atoms with Gasteiger partial charge in [0.1, 0.15) is 0 Å². The van der Waals surface area contributed by atoms with E-state index < -0.39 is 10.8 Å². The topological polar surface area (TPSA) is 62.7 Å². The van der Waals surface area contributed by atoms with E-state index in [-0.39, 0.29) is 28.7 Å². The van der Waals surface area contributed by atoms with Gasteiger partial charge in [0, 0.05) is 54.7 Å². The molecule has 24 heavy (non-hydrogen) atoms. The van der Waals surface area contributed by atoms with E-state index in [9.17, 15) is 4.21 Å². The van der Waals surface area contributed by atoms with Crippen LogP contribution in [0, 0.1) is 5.41 Å². The van der Waals surface area contributed by atoms with Gasteiger partial charge in [0.15, 0.2) is 5.96 Å². The molecule has 0 spiro atoms. The number of nitrogens with zero attached hydrogens (tertiary/aromatic N) is 1. The standard InChI is InChI=1S/C17H35N3O2S.HI/c1-6-18-15(19-11-13-23(21)16(2,3)4)20-14-17(8-7-9-17)10-12-22-5;/h6-14H2,1-5H3,(H2,18,19,20);1H. The molecule has 7 heteroatoms. The van der Waals surface area contributed by atoms with Gasteiger partial charge in [-0.3, -0.25) is 9.20 Å². The molecule has 1 saturated carbocycles. The normalized spacial score (nSPS) is 18.3. The summed E-state index contributed by atoms with van der Waals surface area (Å²) < 4.78 is 17.2. The largest absolute Gasteiger partial charge is 0.385 e. The number of hydrogen-bond acceptors (Lipinski definition) is 3. The van der Waals surface area contributed by atoms with Crippen LogP contribution in [0.4, 0.5) is 0 Å². The van der Waals surface area contributed by atoms with Crippen molar-refractivity contribution in [1.29, 1.82) is 0 Å². The number of rotatable bonds is 9. The number of hydrogen-bond donors (Lipinski definition) is 2. The van der Waals surface area contributed by atoms with E-state index in [1.807, 2.05) is 20.8 Å². The monoisotopic (exact) mass is 473 g/mol. The maximum atomic E-state index is 12.1. The second kappa shape index (κ2) is 11.7. The predicted octanol–water partition coefficient (Wildman–Crippen LogP) is 2.91. The Kier molecular flexibility index (Phi) is 11.7. The van der Waals surface area contributed by atoms with Gasteiger partial charge in [-0.1, -0.05) is 6.42 Å². The van der Waals surface area contributed by atoms with Crippen molar-refractivity contribution in [3.05, 3.63) is 0 Å². The number of guanidine groups is 1. The number of nitrogens with one attached hydrogen (secondary N) is 2.